The van der Waals surface area contributed by atoms with Crippen molar-refractivity contribution in [3.05, 3.63) is 35.5 Å². The molecule has 10 heavy (non-hydrogen) atoms. The van der Waals surface area contributed by atoms with Crippen LogP contribution in [0, 0.1) is 0 Å². The third kappa shape index (κ3) is 1.65. The van der Waals surface area contributed by atoms with E-state index in [0.29, 0.717) is 4.91 Å². The van der Waals surface area contributed by atoms with Gasteiger partial charge in [0, 0.05) is 12.4 Å². The third-order valence-corrected chi connectivity index (χ3v) is 1.81. The summed E-state index contributed by atoms with van der Waals surface area (Å²) in [7, 11) is 0. The van der Waals surface area contributed by atoms with Gasteiger partial charge in [-0.1, -0.05) is 0 Å². The molecule has 3 heteroatoms. The van der Waals surface area contributed by atoms with E-state index in [0.717, 1.165) is 5.56 Å². The van der Waals surface area contributed by atoms with E-state index in [1.807, 2.05) is 12.1 Å². The van der Waals surface area contributed by atoms with E-state index in [2.05, 4.69) is 17.6 Å². The lowest BCUT2D eigenvalue weighted by atomic mass is 10.3. The lowest BCUT2D eigenvalue weighted by Crippen LogP contribution is -1.78. The van der Waals surface area contributed by atoms with E-state index in [-0.39, 0.29) is 0 Å². The Bertz CT molecular complexity index is 231. The summed E-state index contributed by atoms with van der Waals surface area (Å²) in [5.74, 6) is 0. The summed E-state index contributed by atoms with van der Waals surface area (Å²) in [6.07, 6.45) is 3.39. The van der Waals surface area contributed by atoms with Gasteiger partial charge in [0.15, 0.2) is 0 Å². The second kappa shape index (κ2) is 3.49. The minimum Gasteiger partial charge on any atom is -0.789 e. The highest BCUT2D eigenvalue weighted by Gasteiger charge is 1.80. The van der Waals surface area contributed by atoms with Gasteiger partial charge in [-0.25, -0.2) is 5.41 Å². The minimum absolute atomic E-state index is 0.692. The van der Waals surface area contributed by atoms with Crippen molar-refractivity contribution in [3.63, 3.8) is 0 Å². The molecule has 0 radical (unpaired) electrons. The van der Waals surface area contributed by atoms with E-state index in [4.69, 9.17) is 12.6 Å². The standard InChI is InChI=1S/C7H7NS2/c9-5-7(10)6-1-3-8-4-2-6/h1-5,9-10H/p-2/b7-5-. The van der Waals surface area contributed by atoms with Crippen LogP contribution in [-0.4, -0.2) is 4.98 Å². The largest absolute Gasteiger partial charge is 0.789 e. The fourth-order valence-corrected chi connectivity index (χ4v) is 0.856. The first-order valence-corrected chi connectivity index (χ1v) is 3.62. The summed E-state index contributed by atoms with van der Waals surface area (Å²) in [6.45, 7) is 0. The maximum absolute atomic E-state index is 4.93. The molecule has 0 saturated heterocycles. The summed E-state index contributed by atoms with van der Waals surface area (Å²) in [5, 5.41) is 1.49. The van der Waals surface area contributed by atoms with Gasteiger partial charge in [0.2, 0.25) is 0 Å². The molecule has 0 fully saturated rings. The maximum Gasteiger partial charge on any atom is 0.0273 e. The Morgan fingerprint density at radius 3 is 2.50 bits per heavy atom. The average Bonchev–Trinajstić information content (AvgIpc) is 2.05. The van der Waals surface area contributed by atoms with Crippen molar-refractivity contribution in [3.8, 4) is 0 Å². The zero-order chi connectivity index (χ0) is 7.40. The van der Waals surface area contributed by atoms with Crippen molar-refractivity contribution in [2.24, 2.45) is 0 Å². The van der Waals surface area contributed by atoms with Crippen molar-refractivity contribution < 1.29 is 0 Å². The molecule has 0 aromatic carbocycles. The molecular weight excluding hydrogens is 162 g/mol. The maximum atomic E-state index is 4.93. The Morgan fingerprint density at radius 1 is 1.40 bits per heavy atom. The van der Waals surface area contributed by atoms with Crippen LogP contribution in [-0.2, 0) is 25.3 Å². The Labute approximate surface area is 71.0 Å². The van der Waals surface area contributed by atoms with Crippen molar-refractivity contribution >= 4 is 30.2 Å². The Kier molecular flexibility index (Phi) is 2.59. The molecule has 0 N–H and O–H groups in total. The molecule has 0 aliphatic rings. The SMILES string of the molecule is [S-]/C=C(\[S-])c1ccncc1. The normalized spacial score (nSPS) is 11.4. The second-order valence-electron chi connectivity index (χ2n) is 1.72. The number of aromatic nitrogens is 1. The summed E-state index contributed by atoms with van der Waals surface area (Å²) >= 11 is 9.60. The number of hydrogen-bond donors (Lipinski definition) is 0. The molecule has 0 saturated carbocycles. The van der Waals surface area contributed by atoms with E-state index in [1.54, 1.807) is 12.4 Å². The fraction of sp³-hybridized carbons (Fsp3) is 0. The molecule has 0 aliphatic carbocycles. The third-order valence-electron chi connectivity index (χ3n) is 1.07. The number of rotatable bonds is 1. The second-order valence-corrected chi connectivity index (χ2v) is 2.39. The molecule has 0 unspecified atom stereocenters. The molecule has 0 atom stereocenters. The highest BCUT2D eigenvalue weighted by molar-refractivity contribution is 7.72. The summed E-state index contributed by atoms with van der Waals surface area (Å²) in [6, 6.07) is 3.68. The van der Waals surface area contributed by atoms with Gasteiger partial charge in [0.25, 0.3) is 0 Å². The summed E-state index contributed by atoms with van der Waals surface area (Å²) in [5.41, 5.74) is 0.958. The van der Waals surface area contributed by atoms with Gasteiger partial charge in [0.1, 0.15) is 0 Å². The molecule has 0 aliphatic heterocycles. The monoisotopic (exact) mass is 167 g/mol. The molecule has 1 rings (SSSR count). The van der Waals surface area contributed by atoms with E-state index >= 15 is 0 Å². The highest BCUT2D eigenvalue weighted by atomic mass is 32.1. The molecule has 1 nitrogen and oxygen atoms in total. The minimum atomic E-state index is 0.692. The van der Waals surface area contributed by atoms with Crippen LogP contribution >= 0.6 is 0 Å². The van der Waals surface area contributed by atoms with Crippen LogP contribution in [0.5, 0.6) is 0 Å². The molecule has 0 spiro atoms. The van der Waals surface area contributed by atoms with Crippen LogP contribution in [0.1, 0.15) is 5.56 Å². The summed E-state index contributed by atoms with van der Waals surface area (Å²) in [4.78, 5) is 4.55. The summed E-state index contributed by atoms with van der Waals surface area (Å²) < 4.78 is 0. The predicted molar refractivity (Wildman–Crippen MR) is 46.9 cm³/mol. The first-order valence-electron chi connectivity index (χ1n) is 2.74. The zero-order valence-electron chi connectivity index (χ0n) is 5.15. The number of pyridine rings is 1. The van der Waals surface area contributed by atoms with Crippen LogP contribution in [0.25, 0.3) is 4.91 Å². The molecule has 1 aromatic heterocycles. The van der Waals surface area contributed by atoms with E-state index in [9.17, 15) is 0 Å². The van der Waals surface area contributed by atoms with Gasteiger partial charge >= 0.3 is 0 Å². The first-order chi connectivity index (χ1) is 4.84. The number of nitrogens with zero attached hydrogens (tertiary/aromatic N) is 1. The number of hydrogen-bond acceptors (Lipinski definition) is 3. The van der Waals surface area contributed by atoms with Gasteiger partial charge in [0.05, 0.1) is 0 Å². The lowest BCUT2D eigenvalue weighted by Gasteiger charge is -2.14. The van der Waals surface area contributed by atoms with Gasteiger partial charge in [-0.15, -0.1) is 0 Å². The van der Waals surface area contributed by atoms with Crippen LogP contribution < -0.4 is 0 Å². The first kappa shape index (κ1) is 7.44. The van der Waals surface area contributed by atoms with Gasteiger partial charge in [-0.2, -0.15) is 4.91 Å². The Morgan fingerprint density at radius 2 is 2.00 bits per heavy atom. The van der Waals surface area contributed by atoms with Crippen LogP contribution in [0.4, 0.5) is 0 Å². The fourth-order valence-electron chi connectivity index (χ4n) is 0.584. The van der Waals surface area contributed by atoms with Gasteiger partial charge in [-0.05, 0) is 17.7 Å². The highest BCUT2D eigenvalue weighted by Crippen LogP contribution is 2.08. The molecular formula is C7H5NS2-2. The van der Waals surface area contributed by atoms with Crippen molar-refractivity contribution in [1.29, 1.82) is 0 Å². The Hall–Kier alpha value is -0.670. The smallest absolute Gasteiger partial charge is 0.0273 e. The molecule has 0 amide bonds. The van der Waals surface area contributed by atoms with E-state index < -0.39 is 0 Å². The average molecular weight is 167 g/mol. The van der Waals surface area contributed by atoms with Crippen molar-refractivity contribution in [2.45, 2.75) is 0 Å². The van der Waals surface area contributed by atoms with Crippen molar-refractivity contribution in [2.75, 3.05) is 0 Å². The molecule has 52 valence electrons. The zero-order valence-corrected chi connectivity index (χ0v) is 6.78. The molecule has 0 bridgehead atoms. The topological polar surface area (TPSA) is 12.9 Å². The van der Waals surface area contributed by atoms with Crippen LogP contribution in [0.2, 0.25) is 0 Å². The quantitative estimate of drug-likeness (QED) is 0.588. The van der Waals surface area contributed by atoms with Crippen molar-refractivity contribution in [1.82, 2.24) is 4.98 Å². The van der Waals surface area contributed by atoms with Gasteiger partial charge < -0.3 is 25.3 Å². The van der Waals surface area contributed by atoms with E-state index in [1.165, 1.54) is 5.41 Å². The molecule has 1 aromatic rings. The van der Waals surface area contributed by atoms with Gasteiger partial charge in [-0.3, -0.25) is 4.98 Å². The lowest BCUT2D eigenvalue weighted by molar-refractivity contribution is 1.32. The Balaban J connectivity index is 2.96. The predicted octanol–water partition coefficient (Wildman–Crippen LogP) is 1.47. The van der Waals surface area contributed by atoms with Crippen LogP contribution in [0.15, 0.2) is 29.9 Å². The van der Waals surface area contributed by atoms with Crippen LogP contribution in [0.3, 0.4) is 0 Å². The molecule has 1 heterocycles.